The average Bonchev–Trinajstić information content (AvgIpc) is 3.20. The third-order valence-corrected chi connectivity index (χ3v) is 7.04. The zero-order valence-electron chi connectivity index (χ0n) is 21.0. The van der Waals surface area contributed by atoms with Crippen LogP contribution in [0.5, 0.6) is 0 Å². The summed E-state index contributed by atoms with van der Waals surface area (Å²) in [6.45, 7) is 14.1. The highest BCUT2D eigenvalue weighted by Gasteiger charge is 2.43. The highest BCUT2D eigenvalue weighted by Crippen LogP contribution is 2.43. The highest BCUT2D eigenvalue weighted by atomic mass is 32.2. The zero-order chi connectivity index (χ0) is 25.6. The molecule has 3 rings (SSSR count). The van der Waals surface area contributed by atoms with Gasteiger partial charge in [0.05, 0.1) is 23.5 Å². The quantitative estimate of drug-likeness (QED) is 0.530. The molecule has 1 N–H and O–H groups in total. The Morgan fingerprint density at radius 3 is 1.59 bits per heavy atom. The molecule has 1 aromatic carbocycles. The molecule has 2 atom stereocenters. The Morgan fingerprint density at radius 2 is 1.29 bits per heavy atom. The van der Waals surface area contributed by atoms with Gasteiger partial charge in [-0.1, -0.05) is 48.5 Å². The van der Waals surface area contributed by atoms with Crippen LogP contribution in [0.25, 0.3) is 0 Å². The van der Waals surface area contributed by atoms with Gasteiger partial charge in [0, 0.05) is 0 Å². The van der Waals surface area contributed by atoms with Gasteiger partial charge in [-0.3, -0.25) is 14.4 Å². The van der Waals surface area contributed by atoms with Crippen LogP contribution in [0.1, 0.15) is 66.9 Å². The molecule has 0 unspecified atom stereocenters. The van der Waals surface area contributed by atoms with E-state index in [1.54, 1.807) is 12.1 Å². The number of anilines is 2. The topological polar surface area (TPSA) is 113 Å². The minimum absolute atomic E-state index is 0.0149. The highest BCUT2D eigenvalue weighted by molar-refractivity contribution is 7.86. The number of carbonyl (C=O) groups excluding carboxylic acids is 2. The summed E-state index contributed by atoms with van der Waals surface area (Å²) in [5.74, 6) is 0.427. The Hall–Kier alpha value is -2.33. The first-order chi connectivity index (χ1) is 15.6. The molecule has 0 bridgehead atoms. The van der Waals surface area contributed by atoms with Crippen molar-refractivity contribution in [3.05, 3.63) is 17.7 Å². The van der Waals surface area contributed by atoms with Crippen LogP contribution >= 0.6 is 0 Å². The second-order valence-corrected chi connectivity index (χ2v) is 12.4. The number of benzene rings is 1. The fraction of sp³-hybridized carbons (Fsp3) is 0.667. The predicted octanol–water partition coefficient (Wildman–Crippen LogP) is 4.97. The summed E-state index contributed by atoms with van der Waals surface area (Å²) in [5.41, 5.74) is 0.285. The fourth-order valence-electron chi connectivity index (χ4n) is 4.60. The van der Waals surface area contributed by atoms with Gasteiger partial charge in [-0.25, -0.2) is 9.59 Å². The molecule has 0 spiro atoms. The van der Waals surface area contributed by atoms with E-state index in [0.717, 1.165) is 0 Å². The van der Waals surface area contributed by atoms with Gasteiger partial charge in [0.15, 0.2) is 0 Å². The van der Waals surface area contributed by atoms with Crippen molar-refractivity contribution in [2.24, 2.45) is 11.8 Å². The molecule has 0 aliphatic carbocycles. The first-order valence-corrected chi connectivity index (χ1v) is 13.1. The van der Waals surface area contributed by atoms with Crippen molar-refractivity contribution in [1.29, 1.82) is 0 Å². The molecule has 0 saturated carbocycles. The number of rotatable bonds is 7. The summed E-state index contributed by atoms with van der Waals surface area (Å²) in [6.07, 6.45) is -0.216. The standard InChI is InChI=1S/C24H36N2O7S/c1-14(2)8-17-12-32-22(27)25(17)19-10-16(24(5,6)7)11-20(21(19)34(29,30)31)26-18(9-15(3)4)13-33-23(26)28/h10-11,14-15,17-18H,8-9,12-13H2,1-7H3,(H,29,30,31)/t17-,18-/m0/s1. The molecule has 2 aliphatic heterocycles. The van der Waals surface area contributed by atoms with E-state index in [4.69, 9.17) is 9.47 Å². The Balaban J connectivity index is 2.34. The van der Waals surface area contributed by atoms with Gasteiger partial charge in [-0.2, -0.15) is 8.42 Å². The van der Waals surface area contributed by atoms with E-state index in [9.17, 15) is 22.6 Å². The smallest absolute Gasteiger partial charge is 0.414 e. The molecule has 10 heteroatoms. The molecule has 34 heavy (non-hydrogen) atoms. The molecule has 9 nitrogen and oxygen atoms in total. The van der Waals surface area contributed by atoms with Gasteiger partial charge in [-0.15, -0.1) is 0 Å². The van der Waals surface area contributed by atoms with Crippen LogP contribution in [0.15, 0.2) is 17.0 Å². The minimum atomic E-state index is -4.85. The molecule has 2 fully saturated rings. The maximum atomic E-state index is 12.8. The second-order valence-electron chi connectivity index (χ2n) is 11.0. The summed E-state index contributed by atoms with van der Waals surface area (Å²) in [7, 11) is -4.85. The lowest BCUT2D eigenvalue weighted by Crippen LogP contribution is -2.38. The largest absolute Gasteiger partial charge is 0.447 e. The monoisotopic (exact) mass is 496 g/mol. The molecule has 0 aromatic heterocycles. The van der Waals surface area contributed by atoms with Crippen molar-refractivity contribution in [1.82, 2.24) is 0 Å². The van der Waals surface area contributed by atoms with E-state index >= 15 is 0 Å². The number of amides is 2. The summed E-state index contributed by atoms with van der Waals surface area (Å²) in [4.78, 5) is 27.8. The average molecular weight is 497 g/mol. The van der Waals surface area contributed by atoms with Crippen LogP contribution in [0.2, 0.25) is 0 Å². The van der Waals surface area contributed by atoms with E-state index in [-0.39, 0.29) is 36.4 Å². The summed E-state index contributed by atoms with van der Waals surface area (Å²) in [5, 5.41) is 0. The second kappa shape index (κ2) is 9.37. The molecular weight excluding hydrogens is 460 g/mol. The molecule has 1 aromatic rings. The molecule has 0 radical (unpaired) electrons. The van der Waals surface area contributed by atoms with Crippen molar-refractivity contribution in [3.63, 3.8) is 0 Å². The van der Waals surface area contributed by atoms with Crippen LogP contribution in [-0.2, 0) is 25.0 Å². The first-order valence-electron chi connectivity index (χ1n) is 11.7. The molecule has 2 saturated heterocycles. The molecular formula is C24H36N2O7S. The Morgan fingerprint density at radius 1 is 0.912 bits per heavy atom. The van der Waals surface area contributed by atoms with E-state index in [1.165, 1.54) is 9.80 Å². The van der Waals surface area contributed by atoms with Crippen LogP contribution in [-0.4, -0.2) is 50.5 Å². The Bertz CT molecular complexity index is 1000. The lowest BCUT2D eigenvalue weighted by molar-refractivity contribution is 0.177. The first kappa shape index (κ1) is 26.3. The summed E-state index contributed by atoms with van der Waals surface area (Å²) in [6, 6.07) is 2.39. The van der Waals surface area contributed by atoms with Crippen LogP contribution in [0.4, 0.5) is 21.0 Å². The number of carbonyl (C=O) groups is 2. The number of hydrogen-bond acceptors (Lipinski definition) is 6. The van der Waals surface area contributed by atoms with E-state index in [0.29, 0.717) is 18.4 Å². The Kier molecular flexibility index (Phi) is 7.24. The minimum Gasteiger partial charge on any atom is -0.447 e. The fourth-order valence-corrected chi connectivity index (χ4v) is 5.44. The zero-order valence-corrected chi connectivity index (χ0v) is 21.8. The van der Waals surface area contributed by atoms with Crippen molar-refractivity contribution in [3.8, 4) is 0 Å². The lowest BCUT2D eigenvalue weighted by Gasteiger charge is -2.32. The maximum absolute atomic E-state index is 12.8. The van der Waals surface area contributed by atoms with Gasteiger partial charge in [0.2, 0.25) is 0 Å². The molecule has 2 amide bonds. The van der Waals surface area contributed by atoms with Crippen LogP contribution < -0.4 is 9.80 Å². The van der Waals surface area contributed by atoms with E-state index < -0.39 is 44.7 Å². The van der Waals surface area contributed by atoms with Gasteiger partial charge in [-0.05, 0) is 47.8 Å². The third kappa shape index (κ3) is 5.33. The molecule has 2 aliphatic rings. The Labute approximate surface area is 202 Å². The third-order valence-electron chi connectivity index (χ3n) is 6.10. The summed E-state index contributed by atoms with van der Waals surface area (Å²) >= 11 is 0. The number of hydrogen-bond donors (Lipinski definition) is 1. The van der Waals surface area contributed by atoms with Crippen LogP contribution in [0, 0.1) is 11.8 Å². The van der Waals surface area contributed by atoms with Crippen molar-refractivity contribution in [2.45, 2.75) is 83.7 Å². The number of cyclic esters (lactones) is 2. The lowest BCUT2D eigenvalue weighted by atomic mass is 9.86. The van der Waals surface area contributed by atoms with Crippen molar-refractivity contribution in [2.75, 3.05) is 23.0 Å². The van der Waals surface area contributed by atoms with Gasteiger partial charge < -0.3 is 9.47 Å². The maximum Gasteiger partial charge on any atom is 0.414 e. The van der Waals surface area contributed by atoms with Gasteiger partial charge >= 0.3 is 12.2 Å². The van der Waals surface area contributed by atoms with Gasteiger partial charge in [0.25, 0.3) is 10.1 Å². The molecule has 2 heterocycles. The number of ether oxygens (including phenoxy) is 2. The molecule has 190 valence electrons. The normalized spacial score (nSPS) is 21.6. The number of nitrogens with zero attached hydrogens (tertiary/aromatic N) is 2. The van der Waals surface area contributed by atoms with E-state index in [2.05, 4.69) is 0 Å². The van der Waals surface area contributed by atoms with Crippen LogP contribution in [0.3, 0.4) is 0 Å². The van der Waals surface area contributed by atoms with Crippen molar-refractivity contribution >= 4 is 33.7 Å². The van der Waals surface area contributed by atoms with Gasteiger partial charge in [0.1, 0.15) is 18.1 Å². The predicted molar refractivity (Wildman–Crippen MR) is 129 cm³/mol. The van der Waals surface area contributed by atoms with Crippen molar-refractivity contribution < 1.29 is 32.0 Å². The van der Waals surface area contributed by atoms with E-state index in [1.807, 2.05) is 48.5 Å². The summed E-state index contributed by atoms with van der Waals surface area (Å²) < 4.78 is 46.6. The SMILES string of the molecule is CC(C)C[C@H]1COC(=O)N1c1cc(C(C)(C)C)cc(N2C(=O)OC[C@@H]2CC(C)C)c1S(=O)(=O)O.